The van der Waals surface area contributed by atoms with Gasteiger partial charge in [0.2, 0.25) is 10.0 Å². The van der Waals surface area contributed by atoms with Crippen molar-refractivity contribution in [2.45, 2.75) is 30.6 Å². The molecule has 0 unspecified atom stereocenters. The molecule has 0 saturated heterocycles. The lowest BCUT2D eigenvalue weighted by Crippen LogP contribution is -2.19. The predicted molar refractivity (Wildman–Crippen MR) is 70.0 cm³/mol. The second-order valence-electron chi connectivity index (χ2n) is 5.03. The van der Waals surface area contributed by atoms with E-state index in [0.717, 1.165) is 19.3 Å². The molecule has 21 heavy (non-hydrogen) atoms. The van der Waals surface area contributed by atoms with Crippen LogP contribution in [0.25, 0.3) is 0 Å². The molecule has 0 aromatic heterocycles. The molecule has 2 rings (SSSR count). The highest BCUT2D eigenvalue weighted by atomic mass is 32.2. The Hall–Kier alpha value is -1.54. The molecule has 1 saturated carbocycles. The summed E-state index contributed by atoms with van der Waals surface area (Å²) in [6.07, 6.45) is 3.95. The minimum Gasteiger partial charge on any atom is -0.462 e. The van der Waals surface area contributed by atoms with E-state index in [2.05, 4.69) is 0 Å². The van der Waals surface area contributed by atoms with E-state index in [9.17, 15) is 22.0 Å². The second kappa shape index (κ2) is 6.07. The normalized spacial score (nSPS) is 15.6. The summed E-state index contributed by atoms with van der Waals surface area (Å²) in [5, 5.41) is 4.77. The smallest absolute Gasteiger partial charge is 0.341 e. The number of nitrogens with two attached hydrogens (primary N) is 1. The SMILES string of the molecule is NS(=O)(=O)c1cc(F)cc(C(=O)OCCC2CCC2)c1F. The molecule has 0 spiro atoms. The molecule has 0 bridgehead atoms. The Bertz CT molecular complexity index is 656. The highest BCUT2D eigenvalue weighted by molar-refractivity contribution is 7.89. The third kappa shape index (κ3) is 3.76. The van der Waals surface area contributed by atoms with E-state index in [0.29, 0.717) is 24.5 Å². The first kappa shape index (κ1) is 15.8. The summed E-state index contributed by atoms with van der Waals surface area (Å²) in [7, 11) is -4.46. The topological polar surface area (TPSA) is 86.5 Å². The average Bonchev–Trinajstić information content (AvgIpc) is 2.33. The van der Waals surface area contributed by atoms with Crippen LogP contribution < -0.4 is 5.14 Å². The number of benzene rings is 1. The molecule has 0 radical (unpaired) electrons. The molecule has 1 aliphatic rings. The van der Waals surface area contributed by atoms with E-state index in [1.165, 1.54) is 0 Å². The molecule has 1 aromatic carbocycles. The van der Waals surface area contributed by atoms with Gasteiger partial charge in [0, 0.05) is 0 Å². The van der Waals surface area contributed by atoms with Crippen molar-refractivity contribution in [3.05, 3.63) is 29.3 Å². The number of halogens is 2. The summed E-state index contributed by atoms with van der Waals surface area (Å²) in [5.41, 5.74) is -0.771. The Morgan fingerprint density at radius 1 is 1.33 bits per heavy atom. The minimum absolute atomic E-state index is 0.0875. The molecule has 1 fully saturated rings. The molecule has 2 N–H and O–H groups in total. The quantitative estimate of drug-likeness (QED) is 0.841. The van der Waals surface area contributed by atoms with Crippen LogP contribution in [0.3, 0.4) is 0 Å². The third-order valence-electron chi connectivity index (χ3n) is 3.51. The summed E-state index contributed by atoms with van der Waals surface area (Å²) < 4.78 is 54.4. The van der Waals surface area contributed by atoms with Crippen molar-refractivity contribution >= 4 is 16.0 Å². The summed E-state index contributed by atoms with van der Waals surface area (Å²) in [6, 6.07) is 1.02. The number of carbonyl (C=O) groups excluding carboxylic acids is 1. The van der Waals surface area contributed by atoms with Gasteiger partial charge in [-0.05, 0) is 24.5 Å². The lowest BCUT2D eigenvalue weighted by atomic mass is 9.83. The number of hydrogen-bond donors (Lipinski definition) is 1. The summed E-state index contributed by atoms with van der Waals surface area (Å²) in [6.45, 7) is 0.0875. The number of carbonyl (C=O) groups is 1. The summed E-state index contributed by atoms with van der Waals surface area (Å²) in [4.78, 5) is 10.7. The maximum atomic E-state index is 13.9. The largest absolute Gasteiger partial charge is 0.462 e. The van der Waals surface area contributed by atoms with Crippen molar-refractivity contribution in [2.24, 2.45) is 11.1 Å². The zero-order chi connectivity index (χ0) is 15.6. The van der Waals surface area contributed by atoms with Gasteiger partial charge in [0.25, 0.3) is 0 Å². The van der Waals surface area contributed by atoms with Crippen molar-refractivity contribution in [2.75, 3.05) is 6.61 Å². The van der Waals surface area contributed by atoms with Gasteiger partial charge >= 0.3 is 5.97 Å². The summed E-state index contributed by atoms with van der Waals surface area (Å²) >= 11 is 0. The maximum Gasteiger partial charge on any atom is 0.341 e. The number of sulfonamides is 1. The van der Waals surface area contributed by atoms with Gasteiger partial charge < -0.3 is 4.74 Å². The molecule has 0 aliphatic heterocycles. The van der Waals surface area contributed by atoms with Crippen molar-refractivity contribution in [3.8, 4) is 0 Å². The van der Waals surface area contributed by atoms with Crippen LogP contribution in [0.1, 0.15) is 36.0 Å². The van der Waals surface area contributed by atoms with Crippen LogP contribution in [0.4, 0.5) is 8.78 Å². The number of hydrogen-bond acceptors (Lipinski definition) is 4. The third-order valence-corrected chi connectivity index (χ3v) is 4.42. The maximum absolute atomic E-state index is 13.9. The number of esters is 1. The number of primary sulfonamides is 1. The van der Waals surface area contributed by atoms with Gasteiger partial charge in [0.05, 0.1) is 12.2 Å². The van der Waals surface area contributed by atoms with Gasteiger partial charge in [-0.25, -0.2) is 27.1 Å². The van der Waals surface area contributed by atoms with E-state index >= 15 is 0 Å². The first-order chi connectivity index (χ1) is 9.79. The standard InChI is InChI=1S/C13H15F2NO4S/c14-9-6-10(12(15)11(7-9)21(16,18)19)13(17)20-5-4-8-2-1-3-8/h6-8H,1-5H2,(H2,16,18,19). The highest BCUT2D eigenvalue weighted by Crippen LogP contribution is 2.29. The van der Waals surface area contributed by atoms with Crippen molar-refractivity contribution in [1.29, 1.82) is 0 Å². The van der Waals surface area contributed by atoms with Crippen LogP contribution in [-0.2, 0) is 14.8 Å². The molecule has 0 atom stereocenters. The van der Waals surface area contributed by atoms with E-state index in [1.54, 1.807) is 0 Å². The fourth-order valence-electron chi connectivity index (χ4n) is 2.10. The number of ether oxygens (including phenoxy) is 1. The average molecular weight is 319 g/mol. The minimum atomic E-state index is -4.46. The lowest BCUT2D eigenvalue weighted by molar-refractivity contribution is 0.0457. The molecular formula is C13H15F2NO4S. The molecule has 5 nitrogen and oxygen atoms in total. The Morgan fingerprint density at radius 2 is 2.00 bits per heavy atom. The van der Waals surface area contributed by atoms with Crippen LogP contribution in [0.5, 0.6) is 0 Å². The van der Waals surface area contributed by atoms with E-state index in [1.807, 2.05) is 0 Å². The zero-order valence-corrected chi connectivity index (χ0v) is 12.0. The van der Waals surface area contributed by atoms with Gasteiger partial charge in [-0.3, -0.25) is 0 Å². The first-order valence-corrected chi connectivity index (χ1v) is 8.02. The van der Waals surface area contributed by atoms with Crippen LogP contribution in [0.2, 0.25) is 0 Å². The highest BCUT2D eigenvalue weighted by Gasteiger charge is 2.24. The Kier molecular flexibility index (Phi) is 4.58. The van der Waals surface area contributed by atoms with Crippen LogP contribution in [-0.4, -0.2) is 21.0 Å². The lowest BCUT2D eigenvalue weighted by Gasteiger charge is -2.24. The fourth-order valence-corrected chi connectivity index (χ4v) is 2.73. The first-order valence-electron chi connectivity index (χ1n) is 6.48. The van der Waals surface area contributed by atoms with Gasteiger partial charge in [0.15, 0.2) is 5.82 Å². The van der Waals surface area contributed by atoms with Gasteiger partial charge in [-0.15, -0.1) is 0 Å². The van der Waals surface area contributed by atoms with E-state index in [-0.39, 0.29) is 6.61 Å². The predicted octanol–water partition coefficient (Wildman–Crippen LogP) is 1.96. The van der Waals surface area contributed by atoms with Crippen molar-refractivity contribution in [3.63, 3.8) is 0 Å². The van der Waals surface area contributed by atoms with Crippen molar-refractivity contribution < 1.29 is 26.7 Å². The van der Waals surface area contributed by atoms with Crippen molar-refractivity contribution in [1.82, 2.24) is 0 Å². The zero-order valence-electron chi connectivity index (χ0n) is 11.1. The molecule has 116 valence electrons. The van der Waals surface area contributed by atoms with Crippen LogP contribution >= 0.6 is 0 Å². The Morgan fingerprint density at radius 3 is 2.52 bits per heavy atom. The van der Waals surface area contributed by atoms with E-state index in [4.69, 9.17) is 9.88 Å². The molecule has 8 heteroatoms. The van der Waals surface area contributed by atoms with Crippen LogP contribution in [0, 0.1) is 17.6 Å². The van der Waals surface area contributed by atoms with E-state index < -0.39 is 38.1 Å². The number of rotatable bonds is 5. The molecule has 1 aliphatic carbocycles. The molecule has 0 heterocycles. The molecule has 1 aromatic rings. The molecular weight excluding hydrogens is 304 g/mol. The van der Waals surface area contributed by atoms with Gasteiger partial charge in [-0.1, -0.05) is 19.3 Å². The molecule has 0 amide bonds. The monoisotopic (exact) mass is 319 g/mol. The van der Waals surface area contributed by atoms with Gasteiger partial charge in [-0.2, -0.15) is 0 Å². The second-order valence-corrected chi connectivity index (χ2v) is 6.56. The summed E-state index contributed by atoms with van der Waals surface area (Å²) in [5.74, 6) is -3.08. The fraction of sp³-hybridized carbons (Fsp3) is 0.462. The van der Waals surface area contributed by atoms with Gasteiger partial charge in [0.1, 0.15) is 10.7 Å². The van der Waals surface area contributed by atoms with Crippen LogP contribution in [0.15, 0.2) is 17.0 Å². The Labute approximate surface area is 121 Å². The Balaban J connectivity index is 2.14.